The van der Waals surface area contributed by atoms with E-state index in [-0.39, 0.29) is 11.9 Å². The van der Waals surface area contributed by atoms with Crippen LogP contribution in [0.5, 0.6) is 0 Å². The van der Waals surface area contributed by atoms with Gasteiger partial charge in [-0.1, -0.05) is 6.92 Å². The highest BCUT2D eigenvalue weighted by atomic mass is 16.5. The Kier molecular flexibility index (Phi) is 5.77. The molecule has 0 heterocycles. The van der Waals surface area contributed by atoms with Crippen LogP contribution >= 0.6 is 0 Å². The molecule has 0 aromatic carbocycles. The zero-order chi connectivity index (χ0) is 12.0. The smallest absolute Gasteiger partial charge is 0.236 e. The van der Waals surface area contributed by atoms with Gasteiger partial charge >= 0.3 is 0 Å². The molecule has 94 valence electrons. The topological polar surface area (TPSA) is 50.4 Å². The highest BCUT2D eigenvalue weighted by molar-refractivity contribution is 5.81. The first-order valence-corrected chi connectivity index (χ1v) is 6.21. The van der Waals surface area contributed by atoms with Crippen LogP contribution in [0.1, 0.15) is 33.1 Å². The largest absolute Gasteiger partial charge is 0.383 e. The van der Waals surface area contributed by atoms with Gasteiger partial charge in [0, 0.05) is 19.7 Å². The number of ether oxygens (including phenoxy) is 1. The summed E-state index contributed by atoms with van der Waals surface area (Å²) in [4.78, 5) is 11.7. The number of methoxy groups -OCH3 is 1. The van der Waals surface area contributed by atoms with Crippen molar-refractivity contribution >= 4 is 5.91 Å². The molecule has 0 saturated heterocycles. The fraction of sp³-hybridized carbons (Fsp3) is 0.917. The van der Waals surface area contributed by atoms with Crippen LogP contribution in [0.25, 0.3) is 0 Å². The zero-order valence-corrected chi connectivity index (χ0v) is 10.6. The Morgan fingerprint density at radius 2 is 2.19 bits per heavy atom. The standard InChI is InChI=1S/C12H24N2O2/c1-4-11(10-5-6-10)14-9(2)12(15)13-7-8-16-3/h9-11,14H,4-8H2,1-3H3,(H,13,15). The first kappa shape index (κ1) is 13.5. The van der Waals surface area contributed by atoms with E-state index in [0.29, 0.717) is 19.2 Å². The molecule has 0 aliphatic heterocycles. The van der Waals surface area contributed by atoms with Crippen molar-refractivity contribution in [3.05, 3.63) is 0 Å². The summed E-state index contributed by atoms with van der Waals surface area (Å²) in [7, 11) is 1.63. The van der Waals surface area contributed by atoms with Crippen molar-refractivity contribution < 1.29 is 9.53 Å². The van der Waals surface area contributed by atoms with Crippen LogP contribution in [0.4, 0.5) is 0 Å². The summed E-state index contributed by atoms with van der Waals surface area (Å²) in [5.74, 6) is 0.857. The summed E-state index contributed by atoms with van der Waals surface area (Å²) in [6.07, 6.45) is 3.72. The second kappa shape index (κ2) is 6.86. The molecule has 4 nitrogen and oxygen atoms in total. The van der Waals surface area contributed by atoms with Gasteiger partial charge in [0.05, 0.1) is 12.6 Å². The molecule has 0 bridgehead atoms. The van der Waals surface area contributed by atoms with Gasteiger partial charge in [0.15, 0.2) is 0 Å². The number of nitrogens with one attached hydrogen (secondary N) is 2. The summed E-state index contributed by atoms with van der Waals surface area (Å²) in [5.41, 5.74) is 0. The van der Waals surface area contributed by atoms with Crippen LogP contribution in [-0.2, 0) is 9.53 Å². The van der Waals surface area contributed by atoms with Crippen molar-refractivity contribution in [2.75, 3.05) is 20.3 Å². The normalized spacial score (nSPS) is 19.2. The van der Waals surface area contributed by atoms with E-state index in [2.05, 4.69) is 17.6 Å². The summed E-state index contributed by atoms with van der Waals surface area (Å²) in [6.45, 7) is 5.25. The predicted octanol–water partition coefficient (Wildman–Crippen LogP) is 0.916. The second-order valence-electron chi connectivity index (χ2n) is 4.52. The lowest BCUT2D eigenvalue weighted by atomic mass is 10.1. The average Bonchev–Trinajstić information content (AvgIpc) is 3.09. The minimum atomic E-state index is -0.109. The van der Waals surface area contributed by atoms with Crippen molar-refractivity contribution in [1.82, 2.24) is 10.6 Å². The second-order valence-corrected chi connectivity index (χ2v) is 4.52. The first-order valence-electron chi connectivity index (χ1n) is 6.21. The Labute approximate surface area is 98.1 Å². The number of hydrogen-bond acceptors (Lipinski definition) is 3. The third kappa shape index (κ3) is 4.49. The molecule has 1 saturated carbocycles. The van der Waals surface area contributed by atoms with E-state index in [1.54, 1.807) is 7.11 Å². The molecule has 0 aromatic heterocycles. The van der Waals surface area contributed by atoms with Gasteiger partial charge in [-0.05, 0) is 32.1 Å². The molecule has 0 spiro atoms. The van der Waals surface area contributed by atoms with Gasteiger partial charge < -0.3 is 15.4 Å². The summed E-state index contributed by atoms with van der Waals surface area (Å²) in [6, 6.07) is 0.394. The molecule has 0 aromatic rings. The fourth-order valence-corrected chi connectivity index (χ4v) is 1.91. The van der Waals surface area contributed by atoms with Gasteiger partial charge in [0.25, 0.3) is 0 Å². The molecular weight excluding hydrogens is 204 g/mol. The number of hydrogen-bond donors (Lipinski definition) is 2. The van der Waals surface area contributed by atoms with E-state index in [1.807, 2.05) is 6.92 Å². The maximum atomic E-state index is 11.7. The maximum Gasteiger partial charge on any atom is 0.236 e. The molecule has 2 unspecified atom stereocenters. The molecule has 1 amide bonds. The number of rotatable bonds is 8. The van der Waals surface area contributed by atoms with Crippen LogP contribution in [0.15, 0.2) is 0 Å². The van der Waals surface area contributed by atoms with Crippen molar-refractivity contribution in [3.63, 3.8) is 0 Å². The molecule has 16 heavy (non-hydrogen) atoms. The Bertz CT molecular complexity index is 217. The van der Waals surface area contributed by atoms with Crippen molar-refractivity contribution in [2.45, 2.75) is 45.2 Å². The SMILES string of the molecule is CCC(NC(C)C(=O)NCCOC)C1CC1. The van der Waals surface area contributed by atoms with Gasteiger partial charge in [0.2, 0.25) is 5.91 Å². The lowest BCUT2D eigenvalue weighted by Gasteiger charge is -2.21. The highest BCUT2D eigenvalue weighted by Crippen LogP contribution is 2.34. The molecule has 0 radical (unpaired) electrons. The predicted molar refractivity (Wildman–Crippen MR) is 64.3 cm³/mol. The van der Waals surface area contributed by atoms with E-state index in [1.165, 1.54) is 12.8 Å². The molecule has 1 rings (SSSR count). The molecule has 2 atom stereocenters. The van der Waals surface area contributed by atoms with Crippen molar-refractivity contribution in [3.8, 4) is 0 Å². The minimum Gasteiger partial charge on any atom is -0.383 e. The van der Waals surface area contributed by atoms with Gasteiger partial charge in [-0.2, -0.15) is 0 Å². The Morgan fingerprint density at radius 1 is 1.50 bits per heavy atom. The minimum absolute atomic E-state index is 0.0659. The molecule has 1 fully saturated rings. The molecule has 1 aliphatic carbocycles. The quantitative estimate of drug-likeness (QED) is 0.607. The van der Waals surface area contributed by atoms with Crippen molar-refractivity contribution in [2.24, 2.45) is 5.92 Å². The zero-order valence-electron chi connectivity index (χ0n) is 10.6. The maximum absolute atomic E-state index is 11.7. The van der Waals surface area contributed by atoms with Gasteiger partial charge in [-0.25, -0.2) is 0 Å². The molecular formula is C12H24N2O2. The van der Waals surface area contributed by atoms with Crippen LogP contribution in [0.2, 0.25) is 0 Å². The van der Waals surface area contributed by atoms with Crippen molar-refractivity contribution in [1.29, 1.82) is 0 Å². The Balaban J connectivity index is 2.21. The number of carbonyl (C=O) groups excluding carboxylic acids is 1. The Morgan fingerprint density at radius 3 is 2.69 bits per heavy atom. The summed E-state index contributed by atoms with van der Waals surface area (Å²) >= 11 is 0. The summed E-state index contributed by atoms with van der Waals surface area (Å²) in [5, 5.41) is 6.25. The number of carbonyl (C=O) groups is 1. The van der Waals surface area contributed by atoms with Crippen LogP contribution in [0.3, 0.4) is 0 Å². The van der Waals surface area contributed by atoms with E-state index in [9.17, 15) is 4.79 Å². The monoisotopic (exact) mass is 228 g/mol. The van der Waals surface area contributed by atoms with Gasteiger partial charge in [0.1, 0.15) is 0 Å². The fourth-order valence-electron chi connectivity index (χ4n) is 1.91. The first-order chi connectivity index (χ1) is 7.69. The van der Waals surface area contributed by atoms with E-state index < -0.39 is 0 Å². The third-order valence-corrected chi connectivity index (χ3v) is 3.09. The van der Waals surface area contributed by atoms with Crippen LogP contribution in [-0.4, -0.2) is 38.3 Å². The van der Waals surface area contributed by atoms with E-state index >= 15 is 0 Å². The van der Waals surface area contributed by atoms with E-state index in [0.717, 1.165) is 12.3 Å². The number of amides is 1. The molecule has 4 heteroatoms. The summed E-state index contributed by atoms with van der Waals surface area (Å²) < 4.78 is 4.89. The van der Waals surface area contributed by atoms with E-state index in [4.69, 9.17) is 4.74 Å². The lowest BCUT2D eigenvalue weighted by molar-refractivity contribution is -0.123. The lowest BCUT2D eigenvalue weighted by Crippen LogP contribution is -2.47. The van der Waals surface area contributed by atoms with Gasteiger partial charge in [-0.3, -0.25) is 4.79 Å². The van der Waals surface area contributed by atoms with Crippen LogP contribution in [0, 0.1) is 5.92 Å². The Hall–Kier alpha value is -0.610. The molecule has 1 aliphatic rings. The van der Waals surface area contributed by atoms with Gasteiger partial charge in [-0.15, -0.1) is 0 Å². The van der Waals surface area contributed by atoms with Crippen LogP contribution < -0.4 is 10.6 Å². The average molecular weight is 228 g/mol. The molecule has 2 N–H and O–H groups in total. The highest BCUT2D eigenvalue weighted by Gasteiger charge is 2.31. The third-order valence-electron chi connectivity index (χ3n) is 3.09.